The minimum atomic E-state index is -2.92. The normalized spacial score (nSPS) is 19.4. The smallest absolute Gasteiger partial charge is 0.220 e. The van der Waals surface area contributed by atoms with E-state index in [1.165, 1.54) is 12.1 Å². The highest BCUT2D eigenvalue weighted by molar-refractivity contribution is 7.91. The van der Waals surface area contributed by atoms with E-state index in [1.54, 1.807) is 12.1 Å². The summed E-state index contributed by atoms with van der Waals surface area (Å²) in [6.45, 7) is 1.05. The number of ether oxygens (including phenoxy) is 1. The second kappa shape index (κ2) is 8.29. The van der Waals surface area contributed by atoms with Crippen LogP contribution in [-0.4, -0.2) is 39.0 Å². The Balaban J connectivity index is 1.52. The number of sulfone groups is 1. The highest BCUT2D eigenvalue weighted by Gasteiger charge is 2.29. The third kappa shape index (κ3) is 6.56. The highest BCUT2D eigenvalue weighted by Crippen LogP contribution is 2.21. The summed E-state index contributed by atoms with van der Waals surface area (Å²) in [4.78, 5) is 11.7. The fraction of sp³-hybridized carbons (Fsp3) is 0.562. The van der Waals surface area contributed by atoms with Crippen LogP contribution in [0, 0.1) is 11.7 Å². The minimum absolute atomic E-state index is 0.0400. The second-order valence-electron chi connectivity index (χ2n) is 5.83. The fourth-order valence-corrected chi connectivity index (χ4v) is 4.40. The van der Waals surface area contributed by atoms with E-state index >= 15 is 0 Å². The average molecular weight is 343 g/mol. The van der Waals surface area contributed by atoms with Gasteiger partial charge >= 0.3 is 0 Å². The first-order valence-corrected chi connectivity index (χ1v) is 9.62. The largest absolute Gasteiger partial charge is 0.494 e. The number of carbonyl (C=O) groups excluding carboxylic acids is 1. The Kier molecular flexibility index (Phi) is 6.38. The number of benzene rings is 1. The Morgan fingerprint density at radius 1 is 1.26 bits per heavy atom. The monoisotopic (exact) mass is 343 g/mol. The van der Waals surface area contributed by atoms with E-state index in [2.05, 4.69) is 5.32 Å². The first-order valence-electron chi connectivity index (χ1n) is 7.80. The van der Waals surface area contributed by atoms with Crippen molar-refractivity contribution < 1.29 is 22.3 Å². The van der Waals surface area contributed by atoms with Crippen LogP contribution in [0.15, 0.2) is 24.3 Å². The lowest BCUT2D eigenvalue weighted by Crippen LogP contribution is -2.27. The maximum Gasteiger partial charge on any atom is 0.220 e. The Hall–Kier alpha value is -1.63. The molecule has 0 radical (unpaired) electrons. The molecule has 5 nitrogen and oxygen atoms in total. The van der Waals surface area contributed by atoms with Gasteiger partial charge < -0.3 is 10.1 Å². The molecule has 1 aliphatic rings. The molecular formula is C16H22FNO4S. The van der Waals surface area contributed by atoms with E-state index in [0.29, 0.717) is 25.3 Å². The zero-order valence-corrected chi connectivity index (χ0v) is 13.8. The lowest BCUT2D eigenvalue weighted by Gasteiger charge is -2.09. The Labute approximate surface area is 136 Å². The van der Waals surface area contributed by atoms with Gasteiger partial charge in [0, 0.05) is 13.0 Å². The van der Waals surface area contributed by atoms with Gasteiger partial charge in [-0.3, -0.25) is 4.79 Å². The third-order valence-electron chi connectivity index (χ3n) is 3.78. The van der Waals surface area contributed by atoms with Crippen molar-refractivity contribution in [2.75, 3.05) is 24.7 Å². The van der Waals surface area contributed by atoms with Gasteiger partial charge in [-0.1, -0.05) is 0 Å². The minimum Gasteiger partial charge on any atom is -0.494 e. The average Bonchev–Trinajstić information content (AvgIpc) is 2.83. The zero-order chi connectivity index (χ0) is 16.7. The molecule has 1 aromatic carbocycles. The maximum atomic E-state index is 12.7. The predicted molar refractivity (Wildman–Crippen MR) is 85.5 cm³/mol. The molecule has 1 N–H and O–H groups in total. The predicted octanol–water partition coefficient (Wildman–Crippen LogP) is 1.93. The van der Waals surface area contributed by atoms with Crippen LogP contribution in [0.5, 0.6) is 5.75 Å². The Morgan fingerprint density at radius 2 is 2.00 bits per heavy atom. The van der Waals surface area contributed by atoms with Crippen molar-refractivity contribution in [3.8, 4) is 5.75 Å². The van der Waals surface area contributed by atoms with Crippen LogP contribution in [0.3, 0.4) is 0 Å². The zero-order valence-electron chi connectivity index (χ0n) is 13.0. The molecule has 1 atom stereocenters. The second-order valence-corrected chi connectivity index (χ2v) is 8.06. The number of amides is 1. The van der Waals surface area contributed by atoms with Crippen molar-refractivity contribution in [2.45, 2.75) is 25.7 Å². The Bertz CT molecular complexity index is 615. The van der Waals surface area contributed by atoms with E-state index in [0.717, 1.165) is 12.8 Å². The summed E-state index contributed by atoms with van der Waals surface area (Å²) in [6.07, 6.45) is 2.41. The summed E-state index contributed by atoms with van der Waals surface area (Å²) in [7, 11) is -2.92. The Morgan fingerprint density at radius 3 is 2.65 bits per heavy atom. The van der Waals surface area contributed by atoms with Crippen molar-refractivity contribution >= 4 is 15.7 Å². The summed E-state index contributed by atoms with van der Waals surface area (Å²) < 4.78 is 40.8. The van der Waals surface area contributed by atoms with Gasteiger partial charge in [0.25, 0.3) is 0 Å². The van der Waals surface area contributed by atoms with Gasteiger partial charge in [-0.05, 0) is 49.4 Å². The molecule has 1 aromatic rings. The van der Waals surface area contributed by atoms with Crippen LogP contribution < -0.4 is 10.1 Å². The van der Waals surface area contributed by atoms with Crippen molar-refractivity contribution in [1.29, 1.82) is 0 Å². The van der Waals surface area contributed by atoms with Crippen LogP contribution in [0.2, 0.25) is 0 Å². The van der Waals surface area contributed by atoms with E-state index in [4.69, 9.17) is 4.74 Å². The quantitative estimate of drug-likeness (QED) is 0.732. The molecule has 7 heteroatoms. The SMILES string of the molecule is O=C(CC1CCS(=O)(=O)C1)NCCCCOc1ccc(F)cc1. The number of unbranched alkanes of at least 4 members (excludes halogenated alkanes) is 1. The number of nitrogens with one attached hydrogen (secondary N) is 1. The molecule has 1 unspecified atom stereocenters. The first-order chi connectivity index (χ1) is 10.9. The lowest BCUT2D eigenvalue weighted by atomic mass is 10.1. The highest BCUT2D eigenvalue weighted by atomic mass is 32.2. The summed E-state index contributed by atoms with van der Waals surface area (Å²) in [6, 6.07) is 5.84. The van der Waals surface area contributed by atoms with E-state index in [9.17, 15) is 17.6 Å². The summed E-state index contributed by atoms with van der Waals surface area (Å²) in [5.74, 6) is 0.527. The standard InChI is InChI=1S/C16H22FNO4S/c17-14-3-5-15(6-4-14)22-9-2-1-8-18-16(19)11-13-7-10-23(20,21)12-13/h3-6,13H,1-2,7-12H2,(H,18,19). The van der Waals surface area contributed by atoms with E-state index < -0.39 is 9.84 Å². The van der Waals surface area contributed by atoms with Crippen LogP contribution in [0.1, 0.15) is 25.7 Å². The van der Waals surface area contributed by atoms with Crippen molar-refractivity contribution in [3.63, 3.8) is 0 Å². The number of hydrogen-bond acceptors (Lipinski definition) is 4. The lowest BCUT2D eigenvalue weighted by molar-refractivity contribution is -0.121. The first kappa shape index (κ1) is 17.7. The molecule has 0 aromatic heterocycles. The molecule has 0 aliphatic carbocycles. The van der Waals surface area contributed by atoms with Gasteiger partial charge in [0.1, 0.15) is 11.6 Å². The van der Waals surface area contributed by atoms with Crippen molar-refractivity contribution in [3.05, 3.63) is 30.1 Å². The number of halogens is 1. The molecule has 23 heavy (non-hydrogen) atoms. The maximum absolute atomic E-state index is 12.7. The number of hydrogen-bond donors (Lipinski definition) is 1. The van der Waals surface area contributed by atoms with Crippen LogP contribution in [0.4, 0.5) is 4.39 Å². The molecule has 1 aliphatic heterocycles. The molecule has 1 fully saturated rings. The molecule has 1 heterocycles. The molecule has 0 bridgehead atoms. The molecule has 1 saturated heterocycles. The molecule has 2 rings (SSSR count). The summed E-state index contributed by atoms with van der Waals surface area (Å²) >= 11 is 0. The summed E-state index contributed by atoms with van der Waals surface area (Å²) in [5, 5.41) is 2.80. The molecule has 128 valence electrons. The molecular weight excluding hydrogens is 321 g/mol. The van der Waals surface area contributed by atoms with E-state index in [1.807, 2.05) is 0 Å². The van der Waals surface area contributed by atoms with Gasteiger partial charge in [0.15, 0.2) is 9.84 Å². The summed E-state index contributed by atoms with van der Waals surface area (Å²) in [5.41, 5.74) is 0. The molecule has 1 amide bonds. The third-order valence-corrected chi connectivity index (χ3v) is 5.61. The van der Waals surface area contributed by atoms with Gasteiger partial charge in [-0.2, -0.15) is 0 Å². The van der Waals surface area contributed by atoms with E-state index in [-0.39, 0.29) is 35.6 Å². The van der Waals surface area contributed by atoms with Gasteiger partial charge in [0.05, 0.1) is 18.1 Å². The van der Waals surface area contributed by atoms with Gasteiger partial charge in [0.2, 0.25) is 5.91 Å². The fourth-order valence-electron chi connectivity index (χ4n) is 2.54. The van der Waals surface area contributed by atoms with Gasteiger partial charge in [-0.25, -0.2) is 12.8 Å². The van der Waals surface area contributed by atoms with Crippen LogP contribution in [-0.2, 0) is 14.6 Å². The van der Waals surface area contributed by atoms with Crippen molar-refractivity contribution in [2.24, 2.45) is 5.92 Å². The van der Waals surface area contributed by atoms with Gasteiger partial charge in [-0.15, -0.1) is 0 Å². The molecule has 0 saturated carbocycles. The van der Waals surface area contributed by atoms with Crippen LogP contribution >= 0.6 is 0 Å². The molecule has 0 spiro atoms. The van der Waals surface area contributed by atoms with Crippen LogP contribution in [0.25, 0.3) is 0 Å². The topological polar surface area (TPSA) is 72.5 Å². The number of rotatable bonds is 8. The number of carbonyl (C=O) groups is 1. The van der Waals surface area contributed by atoms with Crippen molar-refractivity contribution in [1.82, 2.24) is 5.32 Å².